The minimum Gasteiger partial charge on any atom is -0.464 e. The number of alkyl halides is 1. The number of benzene rings is 1. The van der Waals surface area contributed by atoms with Crippen molar-refractivity contribution in [3.8, 4) is 0 Å². The highest BCUT2D eigenvalue weighted by Crippen LogP contribution is 2.30. The maximum Gasteiger partial charge on any atom is 0.126 e. The molecule has 3 heteroatoms. The highest BCUT2D eigenvalue weighted by molar-refractivity contribution is 6.30. The highest BCUT2D eigenvalue weighted by atomic mass is 35.5. The van der Waals surface area contributed by atoms with Crippen molar-refractivity contribution in [2.24, 2.45) is 0 Å². The van der Waals surface area contributed by atoms with Gasteiger partial charge >= 0.3 is 0 Å². The normalized spacial score (nSPS) is 12.7. The Balaban J connectivity index is 2.28. The van der Waals surface area contributed by atoms with Crippen molar-refractivity contribution < 1.29 is 4.42 Å². The van der Waals surface area contributed by atoms with Crippen LogP contribution in [0.15, 0.2) is 40.8 Å². The van der Waals surface area contributed by atoms with Gasteiger partial charge in [-0.3, -0.25) is 0 Å². The summed E-state index contributed by atoms with van der Waals surface area (Å²) in [6.45, 7) is 1.90. The fourth-order valence-corrected chi connectivity index (χ4v) is 1.77. The van der Waals surface area contributed by atoms with Gasteiger partial charge in [-0.15, -0.1) is 11.6 Å². The Morgan fingerprint density at radius 1 is 1.07 bits per heavy atom. The predicted octanol–water partition coefficient (Wildman–Crippen LogP) is 4.57. The molecule has 2 aromatic rings. The van der Waals surface area contributed by atoms with Crippen molar-refractivity contribution in [3.05, 3.63) is 58.5 Å². The molecule has 0 aliphatic rings. The van der Waals surface area contributed by atoms with Crippen LogP contribution in [-0.4, -0.2) is 0 Å². The summed E-state index contributed by atoms with van der Waals surface area (Å²) < 4.78 is 5.46. The molecule has 0 aliphatic carbocycles. The third-order valence-electron chi connectivity index (χ3n) is 2.17. The van der Waals surface area contributed by atoms with Gasteiger partial charge in [-0.25, -0.2) is 0 Å². The fraction of sp³-hybridized carbons (Fsp3) is 0.167. The summed E-state index contributed by atoms with van der Waals surface area (Å²) >= 11 is 12.1. The molecule has 0 radical (unpaired) electrons. The molecule has 0 saturated heterocycles. The van der Waals surface area contributed by atoms with Gasteiger partial charge < -0.3 is 4.42 Å². The predicted molar refractivity (Wildman–Crippen MR) is 62.6 cm³/mol. The van der Waals surface area contributed by atoms with Crippen LogP contribution in [0.1, 0.15) is 22.5 Å². The summed E-state index contributed by atoms with van der Waals surface area (Å²) in [5.74, 6) is 1.63. The van der Waals surface area contributed by atoms with Gasteiger partial charge in [0, 0.05) is 5.02 Å². The lowest BCUT2D eigenvalue weighted by Crippen LogP contribution is -1.90. The zero-order valence-electron chi connectivity index (χ0n) is 8.21. The summed E-state index contributed by atoms with van der Waals surface area (Å²) in [4.78, 5) is 0. The number of rotatable bonds is 2. The molecule has 0 fully saturated rings. The van der Waals surface area contributed by atoms with Gasteiger partial charge in [-0.05, 0) is 36.8 Å². The van der Waals surface area contributed by atoms with Crippen LogP contribution in [-0.2, 0) is 0 Å². The second-order valence-corrected chi connectivity index (χ2v) is 4.24. The first kappa shape index (κ1) is 10.6. The van der Waals surface area contributed by atoms with Crippen molar-refractivity contribution in [2.45, 2.75) is 12.3 Å². The SMILES string of the molecule is Cc1ccc(C(Cl)c2ccc(Cl)cc2)o1. The van der Waals surface area contributed by atoms with E-state index in [2.05, 4.69) is 0 Å². The largest absolute Gasteiger partial charge is 0.464 e. The van der Waals surface area contributed by atoms with Crippen molar-refractivity contribution in [1.29, 1.82) is 0 Å². The van der Waals surface area contributed by atoms with Crippen LogP contribution in [0.4, 0.5) is 0 Å². The quantitative estimate of drug-likeness (QED) is 0.702. The van der Waals surface area contributed by atoms with E-state index in [9.17, 15) is 0 Å². The van der Waals surface area contributed by atoms with E-state index in [1.165, 1.54) is 0 Å². The van der Waals surface area contributed by atoms with Crippen LogP contribution >= 0.6 is 23.2 Å². The first-order valence-corrected chi connectivity index (χ1v) is 5.44. The molecule has 0 amide bonds. The summed E-state index contributed by atoms with van der Waals surface area (Å²) in [6, 6.07) is 11.2. The Hall–Kier alpha value is -0.920. The molecule has 0 N–H and O–H groups in total. The van der Waals surface area contributed by atoms with E-state index in [0.717, 1.165) is 17.1 Å². The second kappa shape index (κ2) is 4.30. The summed E-state index contributed by atoms with van der Waals surface area (Å²) in [7, 11) is 0. The Morgan fingerprint density at radius 3 is 2.27 bits per heavy atom. The van der Waals surface area contributed by atoms with E-state index in [1.54, 1.807) is 0 Å². The van der Waals surface area contributed by atoms with Crippen LogP contribution in [0.25, 0.3) is 0 Å². The lowest BCUT2D eigenvalue weighted by atomic mass is 10.1. The Labute approximate surface area is 98.6 Å². The first-order chi connectivity index (χ1) is 7.16. The molecule has 1 aromatic carbocycles. The minimum absolute atomic E-state index is 0.254. The van der Waals surface area contributed by atoms with Crippen LogP contribution in [0.2, 0.25) is 5.02 Å². The van der Waals surface area contributed by atoms with Crippen molar-refractivity contribution >= 4 is 23.2 Å². The fourth-order valence-electron chi connectivity index (χ4n) is 1.39. The molecule has 0 spiro atoms. The number of hydrogen-bond acceptors (Lipinski definition) is 1. The van der Waals surface area contributed by atoms with Crippen molar-refractivity contribution in [2.75, 3.05) is 0 Å². The Morgan fingerprint density at radius 2 is 1.73 bits per heavy atom. The Kier molecular flexibility index (Phi) is 3.03. The maximum absolute atomic E-state index is 6.26. The molecule has 78 valence electrons. The average molecular weight is 241 g/mol. The van der Waals surface area contributed by atoms with E-state index in [4.69, 9.17) is 27.6 Å². The number of furan rings is 1. The lowest BCUT2D eigenvalue weighted by molar-refractivity contribution is 0.489. The topological polar surface area (TPSA) is 13.1 Å². The molecule has 1 heterocycles. The molecule has 1 nitrogen and oxygen atoms in total. The molecular weight excluding hydrogens is 231 g/mol. The van der Waals surface area contributed by atoms with E-state index < -0.39 is 0 Å². The molecule has 1 atom stereocenters. The molecule has 2 rings (SSSR count). The zero-order chi connectivity index (χ0) is 10.8. The van der Waals surface area contributed by atoms with E-state index in [1.807, 2.05) is 43.3 Å². The van der Waals surface area contributed by atoms with Gasteiger partial charge in [0.25, 0.3) is 0 Å². The van der Waals surface area contributed by atoms with Gasteiger partial charge in [-0.2, -0.15) is 0 Å². The maximum atomic E-state index is 6.26. The standard InChI is InChI=1S/C12H10Cl2O/c1-8-2-7-11(15-8)12(14)9-3-5-10(13)6-4-9/h2-7,12H,1H3. The number of aryl methyl sites for hydroxylation is 1. The molecule has 0 saturated carbocycles. The summed E-state index contributed by atoms with van der Waals surface area (Å²) in [6.07, 6.45) is 0. The first-order valence-electron chi connectivity index (χ1n) is 4.62. The monoisotopic (exact) mass is 240 g/mol. The lowest BCUT2D eigenvalue weighted by Gasteiger charge is -2.06. The van der Waals surface area contributed by atoms with Gasteiger partial charge in [0.05, 0.1) is 0 Å². The van der Waals surface area contributed by atoms with Gasteiger partial charge in [-0.1, -0.05) is 23.7 Å². The molecule has 1 aromatic heterocycles. The van der Waals surface area contributed by atoms with Gasteiger partial charge in [0.15, 0.2) is 0 Å². The summed E-state index contributed by atoms with van der Waals surface area (Å²) in [5.41, 5.74) is 0.982. The number of hydrogen-bond donors (Lipinski definition) is 0. The van der Waals surface area contributed by atoms with Crippen LogP contribution < -0.4 is 0 Å². The van der Waals surface area contributed by atoms with E-state index >= 15 is 0 Å². The van der Waals surface area contributed by atoms with Gasteiger partial charge in [0.2, 0.25) is 0 Å². The smallest absolute Gasteiger partial charge is 0.126 e. The average Bonchev–Trinajstić information content (AvgIpc) is 2.65. The zero-order valence-corrected chi connectivity index (χ0v) is 9.72. The number of halogens is 2. The van der Waals surface area contributed by atoms with Crippen molar-refractivity contribution in [1.82, 2.24) is 0 Å². The highest BCUT2D eigenvalue weighted by Gasteiger charge is 2.13. The van der Waals surface area contributed by atoms with E-state index in [-0.39, 0.29) is 5.38 Å². The van der Waals surface area contributed by atoms with Gasteiger partial charge in [0.1, 0.15) is 16.9 Å². The van der Waals surface area contributed by atoms with Crippen LogP contribution in [0.3, 0.4) is 0 Å². The summed E-state index contributed by atoms with van der Waals surface area (Å²) in [5, 5.41) is 0.453. The Bertz CT molecular complexity index is 445. The van der Waals surface area contributed by atoms with Crippen LogP contribution in [0, 0.1) is 6.92 Å². The minimum atomic E-state index is -0.254. The second-order valence-electron chi connectivity index (χ2n) is 3.36. The van der Waals surface area contributed by atoms with Crippen LogP contribution in [0.5, 0.6) is 0 Å². The molecule has 0 bridgehead atoms. The third kappa shape index (κ3) is 2.36. The molecule has 0 aliphatic heterocycles. The molecular formula is C12H10Cl2O. The molecule has 1 unspecified atom stereocenters. The van der Waals surface area contributed by atoms with E-state index in [0.29, 0.717) is 5.02 Å². The molecule has 15 heavy (non-hydrogen) atoms. The third-order valence-corrected chi connectivity index (χ3v) is 2.89. The van der Waals surface area contributed by atoms with Crippen molar-refractivity contribution in [3.63, 3.8) is 0 Å².